The second-order valence-electron chi connectivity index (χ2n) is 10.6. The number of aliphatic carboxylic acids is 1. The molecular weight excluding hydrogens is 408 g/mol. The fraction of sp³-hybridized carbons (Fsp3) is 0.833. The molecule has 2 aliphatic rings. The maximum Gasteiger partial charge on any atom is 0.300 e. The number of ketones is 1. The highest BCUT2D eigenvalue weighted by atomic mass is 16.4. The zero-order valence-corrected chi connectivity index (χ0v) is 20.7. The predicted octanol–water partition coefficient (Wildman–Crippen LogP) is 4.85. The molecule has 32 heavy (non-hydrogen) atoms. The van der Waals surface area contributed by atoms with Gasteiger partial charge in [0, 0.05) is 32.9 Å². The molecule has 0 saturated heterocycles. The van der Waals surface area contributed by atoms with Crippen LogP contribution in [0, 0.1) is 44.3 Å². The molecule has 0 amide bonds. The highest BCUT2D eigenvalue weighted by molar-refractivity contribution is 5.81. The Morgan fingerprint density at radius 2 is 1.31 bits per heavy atom. The second-order valence-corrected chi connectivity index (χ2v) is 10.6. The molecule has 0 aromatic heterocycles. The summed E-state index contributed by atoms with van der Waals surface area (Å²) in [6.07, 6.45) is 4.78. The molecule has 3 unspecified atom stereocenters. The summed E-state index contributed by atoms with van der Waals surface area (Å²) in [5.74, 6) is -0.602. The quantitative estimate of drug-likeness (QED) is 0.398. The summed E-state index contributed by atoms with van der Waals surface area (Å²) < 4.78 is 0. The Hall–Kier alpha value is -2.00. The number of nitrogens with two attached hydrogens (primary N) is 1. The van der Waals surface area contributed by atoms with E-state index in [4.69, 9.17) is 31.3 Å². The van der Waals surface area contributed by atoms with Gasteiger partial charge < -0.3 is 22.1 Å². The molecule has 0 heterocycles. The van der Waals surface area contributed by atoms with Crippen molar-refractivity contribution in [1.29, 1.82) is 10.5 Å². The Morgan fingerprint density at radius 1 is 0.938 bits per heavy atom. The van der Waals surface area contributed by atoms with Crippen LogP contribution < -0.4 is 11.9 Å². The number of hydrogen-bond acceptors (Lipinski definition) is 7. The van der Waals surface area contributed by atoms with Crippen LogP contribution in [-0.2, 0) is 9.59 Å². The number of nitriles is 2. The van der Waals surface area contributed by atoms with Gasteiger partial charge in [-0.15, -0.1) is 0 Å². The second kappa shape index (κ2) is 14.9. The van der Waals surface area contributed by atoms with Crippen molar-refractivity contribution < 1.29 is 19.8 Å². The monoisotopic (exact) mass is 456 g/mol. The normalized spacial score (nSPS) is 29.0. The van der Waals surface area contributed by atoms with Gasteiger partial charge in [-0.3, -0.25) is 9.59 Å². The zero-order chi connectivity index (χ0) is 24.4. The molecule has 0 bridgehead atoms. The minimum Gasteiger partial charge on any atom is -0.481 e. The zero-order valence-electron chi connectivity index (χ0n) is 20.7. The molecule has 2 saturated carbocycles. The summed E-state index contributed by atoms with van der Waals surface area (Å²) in [6.45, 7) is 13.5. The number of rotatable bonds is 0. The van der Waals surface area contributed by atoms with Crippen LogP contribution in [-0.4, -0.2) is 35.1 Å². The number of aliphatic hydroxyl groups excluding tert-OH is 1. The highest BCUT2D eigenvalue weighted by Gasteiger charge is 2.41. The molecule has 2 fully saturated rings. The van der Waals surface area contributed by atoms with Gasteiger partial charge in [0.25, 0.3) is 5.97 Å². The van der Waals surface area contributed by atoms with Crippen molar-refractivity contribution >= 4 is 11.8 Å². The van der Waals surface area contributed by atoms with E-state index < -0.39 is 11.4 Å². The topological polar surface area (TPSA) is 183 Å². The van der Waals surface area contributed by atoms with E-state index in [-0.39, 0.29) is 41.6 Å². The summed E-state index contributed by atoms with van der Waals surface area (Å²) >= 11 is 0. The average Bonchev–Trinajstić information content (AvgIpc) is 2.52. The van der Waals surface area contributed by atoms with Gasteiger partial charge in [0.05, 0.1) is 23.0 Å². The third kappa shape index (κ3) is 15.8. The van der Waals surface area contributed by atoms with Crippen molar-refractivity contribution in [2.24, 2.45) is 27.4 Å². The Labute approximate surface area is 195 Å². The van der Waals surface area contributed by atoms with Crippen LogP contribution in [0.25, 0.3) is 0 Å². The van der Waals surface area contributed by atoms with Crippen LogP contribution in [0.5, 0.6) is 0 Å². The smallest absolute Gasteiger partial charge is 0.300 e. The number of carboxylic acids is 1. The van der Waals surface area contributed by atoms with Crippen LogP contribution in [0.3, 0.4) is 0 Å². The van der Waals surface area contributed by atoms with Gasteiger partial charge >= 0.3 is 0 Å². The van der Waals surface area contributed by atoms with E-state index in [9.17, 15) is 4.79 Å². The van der Waals surface area contributed by atoms with Gasteiger partial charge in [-0.2, -0.15) is 10.5 Å². The molecule has 8 nitrogen and oxygen atoms in total. The van der Waals surface area contributed by atoms with Gasteiger partial charge in [-0.1, -0.05) is 35.1 Å². The van der Waals surface area contributed by atoms with E-state index in [1.165, 1.54) is 0 Å². The van der Waals surface area contributed by atoms with E-state index in [2.05, 4.69) is 39.8 Å². The van der Waals surface area contributed by atoms with Crippen molar-refractivity contribution in [3.8, 4) is 12.1 Å². The van der Waals surface area contributed by atoms with E-state index in [1.807, 2.05) is 13.8 Å². The van der Waals surface area contributed by atoms with Gasteiger partial charge in [0.1, 0.15) is 5.78 Å². The largest absolute Gasteiger partial charge is 0.481 e. The highest BCUT2D eigenvalue weighted by Crippen LogP contribution is 2.45. The Morgan fingerprint density at radius 3 is 1.62 bits per heavy atom. The molecule has 0 aromatic rings. The van der Waals surface area contributed by atoms with E-state index in [0.717, 1.165) is 39.7 Å². The van der Waals surface area contributed by atoms with Gasteiger partial charge in [0.15, 0.2) is 0 Å². The van der Waals surface area contributed by atoms with Crippen LogP contribution >= 0.6 is 0 Å². The van der Waals surface area contributed by atoms with Crippen molar-refractivity contribution in [2.75, 3.05) is 7.11 Å². The molecule has 8 heteroatoms. The molecule has 2 aliphatic carbocycles. The summed E-state index contributed by atoms with van der Waals surface area (Å²) in [5, 5.41) is 32.3. The maximum absolute atomic E-state index is 11.3. The van der Waals surface area contributed by atoms with Gasteiger partial charge in [0.2, 0.25) is 0 Å². The Bertz CT molecular complexity index is 660. The lowest BCUT2D eigenvalue weighted by Gasteiger charge is -2.41. The minimum absolute atomic E-state index is 0. The van der Waals surface area contributed by atoms with Gasteiger partial charge in [-0.25, -0.2) is 0 Å². The predicted molar refractivity (Wildman–Crippen MR) is 129 cm³/mol. The molecule has 2 rings (SSSR count). The molecule has 0 radical (unpaired) electrons. The summed E-state index contributed by atoms with van der Waals surface area (Å²) in [4.78, 5) is 20.3. The average molecular weight is 457 g/mol. The lowest BCUT2D eigenvalue weighted by molar-refractivity contribution is -0.134. The standard InChI is InChI=1S/C10H18N2.C10H15NO.C2H4O2.CH4O.CH4.H3N/c2*1-9(2)4-8(12)5-10(3,6-9)7-11;1-2(3)4;1-2;;/h8H,4-6,12H2,1-3H3;4-6H2,1-3H3;1H3,(H,3,4);2H,1H3;1H4;1H3. The first-order valence-corrected chi connectivity index (χ1v) is 10.2. The minimum atomic E-state index is -0.833. The van der Waals surface area contributed by atoms with Crippen LogP contribution in [0.2, 0.25) is 0 Å². The lowest BCUT2D eigenvalue weighted by Crippen LogP contribution is -2.41. The molecular formula is C24H48N4O4. The first kappa shape index (κ1) is 37.3. The fourth-order valence-electron chi connectivity index (χ4n) is 4.94. The van der Waals surface area contributed by atoms with Gasteiger partial charge in [-0.05, 0) is 50.4 Å². The number of nitrogens with zero attached hydrogens (tertiary/aromatic N) is 2. The van der Waals surface area contributed by atoms with E-state index >= 15 is 0 Å². The number of aliphatic hydroxyl groups is 1. The number of carboxylic acid groups (broad SMARTS) is 1. The molecule has 0 aliphatic heterocycles. The number of carbonyl (C=O) groups excluding carboxylic acids is 1. The Balaban J connectivity index is -0.000000188. The first-order valence-electron chi connectivity index (χ1n) is 10.2. The molecule has 7 N–H and O–H groups in total. The lowest BCUT2D eigenvalue weighted by atomic mass is 9.63. The summed E-state index contributed by atoms with van der Waals surface area (Å²) in [7, 11) is 1.00. The number of carbonyl (C=O) groups is 2. The molecule has 188 valence electrons. The van der Waals surface area contributed by atoms with E-state index in [1.54, 1.807) is 0 Å². The molecule has 0 spiro atoms. The van der Waals surface area contributed by atoms with Crippen molar-refractivity contribution in [3.05, 3.63) is 0 Å². The maximum atomic E-state index is 11.3. The number of Topliss-reactive ketones (excluding diaryl/α,β-unsaturated/α-hetero) is 1. The van der Waals surface area contributed by atoms with Crippen molar-refractivity contribution in [1.82, 2.24) is 6.15 Å². The molecule has 0 aromatic carbocycles. The fourth-order valence-corrected chi connectivity index (χ4v) is 4.94. The first-order chi connectivity index (χ1) is 13.5. The van der Waals surface area contributed by atoms with Crippen molar-refractivity contribution in [2.45, 2.75) is 100 Å². The molecule has 3 atom stereocenters. The van der Waals surface area contributed by atoms with E-state index in [0.29, 0.717) is 12.8 Å². The Kier molecular flexibility index (Phi) is 17.4. The van der Waals surface area contributed by atoms with Crippen LogP contribution in [0.1, 0.15) is 94.4 Å². The summed E-state index contributed by atoms with van der Waals surface area (Å²) in [5.41, 5.74) is 5.55. The third-order valence-electron chi connectivity index (χ3n) is 5.07. The van der Waals surface area contributed by atoms with Crippen LogP contribution in [0.4, 0.5) is 0 Å². The SMILES string of the molecule is C.CC(=O)O.CC1(C)CC(=O)CC(C)(C#N)C1.CC1(C)CC(N)CC(C)(C#N)C1.CO.N. The summed E-state index contributed by atoms with van der Waals surface area (Å²) in [6, 6.07) is 4.84. The van der Waals surface area contributed by atoms with Crippen molar-refractivity contribution in [3.63, 3.8) is 0 Å². The van der Waals surface area contributed by atoms with Crippen LogP contribution in [0.15, 0.2) is 0 Å². The third-order valence-corrected chi connectivity index (χ3v) is 5.07. The number of hydrogen-bond donors (Lipinski definition) is 4.